The highest BCUT2D eigenvalue weighted by atomic mass is 16.6. The average Bonchev–Trinajstić information content (AvgIpc) is 2.83. The number of aliphatic hydroxyl groups excluding tert-OH is 1. The van der Waals surface area contributed by atoms with Crippen LogP contribution in [0.3, 0.4) is 0 Å². The SMILES string of the molecule is CC(C)(C)OC(=O)NCCCCn1c(CO)nc2c1=CCCC=2. The van der Waals surface area contributed by atoms with Crippen molar-refractivity contribution in [2.24, 2.45) is 0 Å². The van der Waals surface area contributed by atoms with Crippen LogP contribution in [0.2, 0.25) is 0 Å². The highest BCUT2D eigenvalue weighted by Crippen LogP contribution is 2.06. The standard InChI is InChI=1S/C17H27N3O3/c1-17(2,3)23-16(22)18-10-6-7-11-20-14-9-5-4-8-13(14)19-15(20)12-21/h8-9,21H,4-7,10-12H2,1-3H3,(H,18,22). The van der Waals surface area contributed by atoms with Gasteiger partial charge in [-0.15, -0.1) is 0 Å². The van der Waals surface area contributed by atoms with E-state index in [-0.39, 0.29) is 12.7 Å². The summed E-state index contributed by atoms with van der Waals surface area (Å²) in [5.41, 5.74) is -0.470. The number of aromatic nitrogens is 2. The number of hydrogen-bond acceptors (Lipinski definition) is 4. The van der Waals surface area contributed by atoms with E-state index in [4.69, 9.17) is 4.74 Å². The van der Waals surface area contributed by atoms with Gasteiger partial charge in [-0.05, 0) is 46.5 Å². The van der Waals surface area contributed by atoms with Crippen LogP contribution in [-0.2, 0) is 17.9 Å². The zero-order valence-electron chi connectivity index (χ0n) is 14.3. The van der Waals surface area contributed by atoms with Crippen molar-refractivity contribution in [1.82, 2.24) is 14.9 Å². The molecule has 23 heavy (non-hydrogen) atoms. The molecule has 0 saturated heterocycles. The molecule has 6 heteroatoms. The van der Waals surface area contributed by atoms with Crippen LogP contribution in [0.25, 0.3) is 12.2 Å². The van der Waals surface area contributed by atoms with E-state index in [0.29, 0.717) is 12.4 Å². The first-order valence-electron chi connectivity index (χ1n) is 8.24. The molecular formula is C17H27N3O3. The number of carbonyl (C=O) groups excluding carboxylic acids is 1. The predicted octanol–water partition coefficient (Wildman–Crippen LogP) is 1.04. The van der Waals surface area contributed by atoms with Crippen LogP contribution < -0.4 is 16.0 Å². The number of fused-ring (bicyclic) bond motifs is 1. The lowest BCUT2D eigenvalue weighted by atomic mass is 10.2. The van der Waals surface area contributed by atoms with Gasteiger partial charge in [0.15, 0.2) is 0 Å². The van der Waals surface area contributed by atoms with Crippen LogP contribution in [0.5, 0.6) is 0 Å². The molecule has 6 nitrogen and oxygen atoms in total. The van der Waals surface area contributed by atoms with Crippen molar-refractivity contribution < 1.29 is 14.6 Å². The van der Waals surface area contributed by atoms with E-state index < -0.39 is 5.60 Å². The minimum absolute atomic E-state index is 0.0508. The van der Waals surface area contributed by atoms with Gasteiger partial charge in [0.25, 0.3) is 0 Å². The van der Waals surface area contributed by atoms with Gasteiger partial charge in [0.2, 0.25) is 0 Å². The van der Waals surface area contributed by atoms with Gasteiger partial charge in [0, 0.05) is 13.1 Å². The van der Waals surface area contributed by atoms with Crippen LogP contribution in [0, 0.1) is 0 Å². The topological polar surface area (TPSA) is 76.4 Å². The normalized spacial score (nSPS) is 13.7. The number of unbranched alkanes of at least 4 members (excludes halogenated alkanes) is 1. The number of nitrogens with one attached hydrogen (secondary N) is 1. The predicted molar refractivity (Wildman–Crippen MR) is 89.0 cm³/mol. The fraction of sp³-hybridized carbons (Fsp3) is 0.647. The molecule has 0 saturated carbocycles. The van der Waals surface area contributed by atoms with Crippen molar-refractivity contribution in [3.05, 3.63) is 16.5 Å². The summed E-state index contributed by atoms with van der Waals surface area (Å²) in [6, 6.07) is 0. The smallest absolute Gasteiger partial charge is 0.407 e. The van der Waals surface area contributed by atoms with Gasteiger partial charge in [-0.3, -0.25) is 0 Å². The molecule has 2 N–H and O–H groups in total. The Morgan fingerprint density at radius 3 is 2.78 bits per heavy atom. The first-order chi connectivity index (χ1) is 10.9. The van der Waals surface area contributed by atoms with Crippen molar-refractivity contribution in [2.75, 3.05) is 6.54 Å². The lowest BCUT2D eigenvalue weighted by molar-refractivity contribution is 0.0527. The Bertz CT molecular complexity index is 656. The molecule has 1 amide bonds. The number of amides is 1. The van der Waals surface area contributed by atoms with Gasteiger partial charge in [0.1, 0.15) is 18.0 Å². The lowest BCUT2D eigenvalue weighted by Gasteiger charge is -2.19. The maximum absolute atomic E-state index is 11.6. The number of rotatable bonds is 6. The maximum atomic E-state index is 11.6. The van der Waals surface area contributed by atoms with E-state index in [2.05, 4.69) is 27.0 Å². The molecule has 0 aliphatic heterocycles. The van der Waals surface area contributed by atoms with Gasteiger partial charge in [-0.2, -0.15) is 0 Å². The van der Waals surface area contributed by atoms with Gasteiger partial charge >= 0.3 is 6.09 Å². The Morgan fingerprint density at radius 2 is 2.09 bits per heavy atom. The Labute approximate surface area is 136 Å². The Morgan fingerprint density at radius 1 is 1.35 bits per heavy atom. The second kappa shape index (κ2) is 7.64. The summed E-state index contributed by atoms with van der Waals surface area (Å²) in [4.78, 5) is 16.0. The van der Waals surface area contributed by atoms with Gasteiger partial charge < -0.3 is 19.7 Å². The molecule has 128 valence electrons. The minimum atomic E-state index is -0.470. The van der Waals surface area contributed by atoms with Crippen LogP contribution in [-0.4, -0.2) is 32.9 Å². The van der Waals surface area contributed by atoms with Crippen molar-refractivity contribution >= 4 is 18.2 Å². The molecule has 0 unspecified atom stereocenters. The first-order valence-corrected chi connectivity index (χ1v) is 8.24. The molecule has 0 aromatic carbocycles. The maximum Gasteiger partial charge on any atom is 0.407 e. The largest absolute Gasteiger partial charge is 0.444 e. The van der Waals surface area contributed by atoms with E-state index in [1.54, 1.807) is 0 Å². The molecule has 0 bridgehead atoms. The minimum Gasteiger partial charge on any atom is -0.444 e. The Hall–Kier alpha value is -1.82. The molecule has 2 rings (SSSR count). The lowest BCUT2D eigenvalue weighted by Crippen LogP contribution is -2.33. The fourth-order valence-corrected chi connectivity index (χ4v) is 2.61. The van der Waals surface area contributed by atoms with Crippen LogP contribution >= 0.6 is 0 Å². The third kappa shape index (κ3) is 5.10. The molecule has 1 aliphatic rings. The quantitative estimate of drug-likeness (QED) is 0.768. The number of ether oxygens (including phenoxy) is 1. The molecule has 1 aromatic heterocycles. The molecule has 1 aliphatic carbocycles. The summed E-state index contributed by atoms with van der Waals surface area (Å²) in [6.07, 6.45) is 7.70. The first kappa shape index (κ1) is 17.5. The van der Waals surface area contributed by atoms with E-state index in [9.17, 15) is 9.90 Å². The number of aliphatic hydroxyl groups is 1. The van der Waals surface area contributed by atoms with Crippen molar-refractivity contribution in [2.45, 2.75) is 65.2 Å². The third-order valence-corrected chi connectivity index (χ3v) is 3.57. The highest BCUT2D eigenvalue weighted by Gasteiger charge is 2.15. The van der Waals surface area contributed by atoms with E-state index in [1.165, 1.54) is 0 Å². The van der Waals surface area contributed by atoms with E-state index >= 15 is 0 Å². The Balaban J connectivity index is 1.82. The number of hydrogen-bond donors (Lipinski definition) is 2. The van der Waals surface area contributed by atoms with Gasteiger partial charge in [-0.25, -0.2) is 9.78 Å². The summed E-state index contributed by atoms with van der Waals surface area (Å²) >= 11 is 0. The third-order valence-electron chi connectivity index (χ3n) is 3.57. The second-order valence-electron chi connectivity index (χ2n) is 6.73. The molecule has 0 atom stereocenters. The zero-order valence-corrected chi connectivity index (χ0v) is 14.3. The summed E-state index contributed by atoms with van der Waals surface area (Å²) in [5, 5.41) is 14.3. The van der Waals surface area contributed by atoms with Gasteiger partial charge in [0.05, 0.1) is 10.7 Å². The summed E-state index contributed by atoms with van der Waals surface area (Å²) in [5.74, 6) is 0.713. The Kier molecular flexibility index (Phi) is 5.82. The van der Waals surface area contributed by atoms with Crippen LogP contribution in [0.4, 0.5) is 4.79 Å². The highest BCUT2D eigenvalue weighted by molar-refractivity contribution is 5.67. The van der Waals surface area contributed by atoms with E-state index in [0.717, 1.165) is 42.9 Å². The molecule has 1 aromatic rings. The van der Waals surface area contributed by atoms with Crippen LogP contribution in [0.15, 0.2) is 0 Å². The van der Waals surface area contributed by atoms with E-state index in [1.807, 2.05) is 20.8 Å². The molecule has 1 heterocycles. The average molecular weight is 321 g/mol. The van der Waals surface area contributed by atoms with Crippen molar-refractivity contribution in [3.63, 3.8) is 0 Å². The van der Waals surface area contributed by atoms with Gasteiger partial charge in [-0.1, -0.05) is 12.2 Å². The number of nitrogens with zero attached hydrogens (tertiary/aromatic N) is 2. The molecular weight excluding hydrogens is 294 g/mol. The molecule has 0 fully saturated rings. The zero-order chi connectivity index (χ0) is 16.9. The number of alkyl carbamates (subject to hydrolysis) is 1. The number of carbonyl (C=O) groups is 1. The summed E-state index contributed by atoms with van der Waals surface area (Å²) in [6.45, 7) is 6.86. The number of imidazole rings is 1. The summed E-state index contributed by atoms with van der Waals surface area (Å²) < 4.78 is 7.28. The second-order valence-corrected chi connectivity index (χ2v) is 6.73. The van der Waals surface area contributed by atoms with Crippen molar-refractivity contribution in [1.29, 1.82) is 0 Å². The fourth-order valence-electron chi connectivity index (χ4n) is 2.61. The monoisotopic (exact) mass is 321 g/mol. The van der Waals surface area contributed by atoms with Crippen LogP contribution in [0.1, 0.15) is 52.3 Å². The van der Waals surface area contributed by atoms with Crippen molar-refractivity contribution in [3.8, 4) is 0 Å². The molecule has 0 spiro atoms. The summed E-state index contributed by atoms with van der Waals surface area (Å²) in [7, 11) is 0. The molecule has 0 radical (unpaired) electrons.